The Hall–Kier alpha value is -1.55. The molecule has 1 rings (SSSR count). The first-order valence-electron chi connectivity index (χ1n) is 5.39. The molecule has 1 atom stereocenters. The van der Waals surface area contributed by atoms with Gasteiger partial charge in [-0.2, -0.15) is 5.26 Å². The van der Waals surface area contributed by atoms with Gasteiger partial charge in [-0.15, -0.1) is 6.58 Å². The molecule has 1 heteroatoms. The van der Waals surface area contributed by atoms with Crippen molar-refractivity contribution in [1.29, 1.82) is 5.26 Å². The van der Waals surface area contributed by atoms with E-state index in [1.54, 1.807) is 0 Å². The number of rotatable bonds is 4. The van der Waals surface area contributed by atoms with Crippen LogP contribution >= 0.6 is 0 Å². The van der Waals surface area contributed by atoms with Crippen LogP contribution in [0.25, 0.3) is 0 Å². The molecule has 0 spiro atoms. The van der Waals surface area contributed by atoms with Crippen molar-refractivity contribution in [3.05, 3.63) is 47.5 Å². The maximum atomic E-state index is 9.19. The molecule has 0 aliphatic carbocycles. The zero-order chi connectivity index (χ0) is 11.3. The summed E-state index contributed by atoms with van der Waals surface area (Å²) in [6, 6.07) is 8.41. The Morgan fingerprint density at radius 3 is 2.80 bits per heavy atom. The van der Waals surface area contributed by atoms with Crippen molar-refractivity contribution < 1.29 is 0 Å². The summed E-state index contributed by atoms with van der Waals surface area (Å²) in [6.45, 7) is 7.98. The van der Waals surface area contributed by atoms with Crippen LogP contribution in [0, 0.1) is 11.3 Å². The van der Waals surface area contributed by atoms with Crippen LogP contribution in [0.4, 0.5) is 0 Å². The molecule has 1 unspecified atom stereocenters. The molecule has 0 amide bonds. The molecule has 0 saturated carbocycles. The number of allylic oxidation sites excluding steroid dienone is 1. The first-order valence-corrected chi connectivity index (χ1v) is 5.39. The maximum Gasteiger partial charge on any atom is 0.0997 e. The van der Waals surface area contributed by atoms with Crippen molar-refractivity contribution in [2.24, 2.45) is 0 Å². The first-order chi connectivity index (χ1) is 7.24. The molecular formula is C14H17N. The van der Waals surface area contributed by atoms with Gasteiger partial charge in [-0.05, 0) is 17.5 Å². The molecule has 0 heterocycles. The minimum Gasteiger partial charge on any atom is -0.192 e. The van der Waals surface area contributed by atoms with E-state index in [9.17, 15) is 5.26 Å². The minimum atomic E-state index is 0.247. The average molecular weight is 199 g/mol. The third kappa shape index (κ3) is 2.47. The van der Waals surface area contributed by atoms with E-state index in [0.29, 0.717) is 0 Å². The highest BCUT2D eigenvalue weighted by atomic mass is 14.3. The second-order valence-electron chi connectivity index (χ2n) is 3.77. The topological polar surface area (TPSA) is 23.8 Å². The van der Waals surface area contributed by atoms with E-state index in [0.717, 1.165) is 29.5 Å². The fraction of sp³-hybridized carbons (Fsp3) is 0.357. The number of nitrogens with zero attached hydrogens (tertiary/aromatic N) is 1. The lowest BCUT2D eigenvalue weighted by Gasteiger charge is -2.11. The van der Waals surface area contributed by atoms with Crippen molar-refractivity contribution in [2.75, 3.05) is 0 Å². The SMILES string of the molecule is C=CC(C)c1cccc(CCC)c1C#N. The summed E-state index contributed by atoms with van der Waals surface area (Å²) in [4.78, 5) is 0. The van der Waals surface area contributed by atoms with Gasteiger partial charge in [0.15, 0.2) is 0 Å². The Morgan fingerprint density at radius 2 is 2.27 bits per heavy atom. The molecular weight excluding hydrogens is 182 g/mol. The van der Waals surface area contributed by atoms with Crippen LogP contribution in [-0.4, -0.2) is 0 Å². The van der Waals surface area contributed by atoms with E-state index < -0.39 is 0 Å². The molecule has 0 radical (unpaired) electrons. The van der Waals surface area contributed by atoms with Crippen molar-refractivity contribution >= 4 is 0 Å². The predicted octanol–water partition coefficient (Wildman–Crippen LogP) is 3.80. The van der Waals surface area contributed by atoms with Crippen LogP contribution < -0.4 is 0 Å². The summed E-state index contributed by atoms with van der Waals surface area (Å²) >= 11 is 0. The third-order valence-corrected chi connectivity index (χ3v) is 2.66. The number of benzene rings is 1. The van der Waals surface area contributed by atoms with Gasteiger partial charge in [0.2, 0.25) is 0 Å². The van der Waals surface area contributed by atoms with E-state index >= 15 is 0 Å². The summed E-state index contributed by atoms with van der Waals surface area (Å²) < 4.78 is 0. The summed E-state index contributed by atoms with van der Waals surface area (Å²) in [5, 5.41) is 9.19. The van der Waals surface area contributed by atoms with Crippen LogP contribution in [0.5, 0.6) is 0 Å². The normalized spacial score (nSPS) is 11.8. The third-order valence-electron chi connectivity index (χ3n) is 2.66. The highest BCUT2D eigenvalue weighted by Gasteiger charge is 2.10. The Balaban J connectivity index is 3.23. The van der Waals surface area contributed by atoms with Crippen LogP contribution in [-0.2, 0) is 6.42 Å². The summed E-state index contributed by atoms with van der Waals surface area (Å²) in [7, 11) is 0. The molecule has 15 heavy (non-hydrogen) atoms. The zero-order valence-electron chi connectivity index (χ0n) is 9.46. The molecule has 0 aliphatic heterocycles. The fourth-order valence-electron chi connectivity index (χ4n) is 1.74. The van der Waals surface area contributed by atoms with Crippen molar-refractivity contribution in [2.45, 2.75) is 32.6 Å². The maximum absolute atomic E-state index is 9.19. The highest BCUT2D eigenvalue weighted by Crippen LogP contribution is 2.23. The van der Waals surface area contributed by atoms with Gasteiger partial charge in [-0.25, -0.2) is 0 Å². The van der Waals surface area contributed by atoms with E-state index in [4.69, 9.17) is 0 Å². The Bertz CT molecular complexity index is 385. The summed E-state index contributed by atoms with van der Waals surface area (Å²) in [5.41, 5.74) is 3.09. The minimum absolute atomic E-state index is 0.247. The van der Waals surface area contributed by atoms with Crippen LogP contribution in [0.3, 0.4) is 0 Å². The van der Waals surface area contributed by atoms with Crippen LogP contribution in [0.1, 0.15) is 42.9 Å². The molecule has 1 aromatic carbocycles. The smallest absolute Gasteiger partial charge is 0.0997 e. The largest absolute Gasteiger partial charge is 0.192 e. The van der Waals surface area contributed by atoms with Gasteiger partial charge in [-0.1, -0.05) is 44.5 Å². The van der Waals surface area contributed by atoms with E-state index in [-0.39, 0.29) is 5.92 Å². The van der Waals surface area contributed by atoms with Crippen molar-refractivity contribution in [3.63, 3.8) is 0 Å². The molecule has 1 nitrogen and oxygen atoms in total. The molecule has 0 bridgehead atoms. The van der Waals surface area contributed by atoms with E-state index in [2.05, 4.69) is 26.5 Å². The fourth-order valence-corrected chi connectivity index (χ4v) is 1.74. The van der Waals surface area contributed by atoms with E-state index in [1.807, 2.05) is 24.3 Å². The quantitative estimate of drug-likeness (QED) is 0.677. The lowest BCUT2D eigenvalue weighted by Crippen LogP contribution is -1.98. The monoisotopic (exact) mass is 199 g/mol. The summed E-state index contributed by atoms with van der Waals surface area (Å²) in [6.07, 6.45) is 3.92. The number of hydrogen-bond acceptors (Lipinski definition) is 1. The second-order valence-corrected chi connectivity index (χ2v) is 3.77. The molecule has 78 valence electrons. The van der Waals surface area contributed by atoms with Gasteiger partial charge in [0, 0.05) is 5.92 Å². The molecule has 0 fully saturated rings. The van der Waals surface area contributed by atoms with Gasteiger partial charge in [-0.3, -0.25) is 0 Å². The number of aryl methyl sites for hydroxylation is 1. The van der Waals surface area contributed by atoms with E-state index in [1.165, 1.54) is 0 Å². The Kier molecular flexibility index (Phi) is 4.12. The molecule has 1 aromatic rings. The molecule has 0 aromatic heterocycles. The zero-order valence-corrected chi connectivity index (χ0v) is 9.46. The van der Waals surface area contributed by atoms with Crippen LogP contribution in [0.15, 0.2) is 30.9 Å². The number of nitriles is 1. The van der Waals surface area contributed by atoms with Gasteiger partial charge >= 0.3 is 0 Å². The Morgan fingerprint density at radius 1 is 1.53 bits per heavy atom. The highest BCUT2D eigenvalue weighted by molar-refractivity contribution is 5.47. The van der Waals surface area contributed by atoms with Crippen molar-refractivity contribution in [1.82, 2.24) is 0 Å². The van der Waals surface area contributed by atoms with Crippen LogP contribution in [0.2, 0.25) is 0 Å². The van der Waals surface area contributed by atoms with Gasteiger partial charge in [0.25, 0.3) is 0 Å². The van der Waals surface area contributed by atoms with Gasteiger partial charge in [0.1, 0.15) is 0 Å². The van der Waals surface area contributed by atoms with Crippen molar-refractivity contribution in [3.8, 4) is 6.07 Å². The lowest BCUT2D eigenvalue weighted by molar-refractivity contribution is 0.899. The summed E-state index contributed by atoms with van der Waals surface area (Å²) in [5.74, 6) is 0.247. The van der Waals surface area contributed by atoms with Gasteiger partial charge < -0.3 is 0 Å². The standard InChI is InChI=1S/C14H17N/c1-4-7-12-8-6-9-13(11(3)5-2)14(12)10-15/h5-6,8-9,11H,2,4,7H2,1,3H3. The lowest BCUT2D eigenvalue weighted by atomic mass is 9.91. The Labute approximate surface area is 92.1 Å². The second kappa shape index (κ2) is 5.36. The number of hydrogen-bond donors (Lipinski definition) is 0. The molecule has 0 N–H and O–H groups in total. The average Bonchev–Trinajstić information content (AvgIpc) is 2.28. The first kappa shape index (κ1) is 11.5. The molecule has 0 aliphatic rings. The molecule has 0 saturated heterocycles. The predicted molar refractivity (Wildman–Crippen MR) is 63.8 cm³/mol. The van der Waals surface area contributed by atoms with Gasteiger partial charge in [0.05, 0.1) is 11.6 Å².